The van der Waals surface area contributed by atoms with Crippen LogP contribution in [0.2, 0.25) is 5.02 Å². The highest BCUT2D eigenvalue weighted by Crippen LogP contribution is 2.27. The zero-order valence-corrected chi connectivity index (χ0v) is 16.8. The van der Waals surface area contributed by atoms with Crippen molar-refractivity contribution in [3.8, 4) is 17.3 Å². The lowest BCUT2D eigenvalue weighted by Crippen LogP contribution is -2.18. The summed E-state index contributed by atoms with van der Waals surface area (Å²) in [5.74, 6) is -0.649. The number of nitrogens with zero attached hydrogens (tertiary/aromatic N) is 5. The van der Waals surface area contributed by atoms with Crippen LogP contribution in [0, 0.1) is 17.2 Å². The molecular weight excluding hydrogens is 406 g/mol. The predicted octanol–water partition coefficient (Wildman–Crippen LogP) is 2.95. The van der Waals surface area contributed by atoms with E-state index in [2.05, 4.69) is 26.5 Å². The molecule has 9 nitrogen and oxygen atoms in total. The van der Waals surface area contributed by atoms with Gasteiger partial charge in [0, 0.05) is 23.7 Å². The number of amides is 1. The van der Waals surface area contributed by atoms with E-state index < -0.39 is 5.91 Å². The summed E-state index contributed by atoms with van der Waals surface area (Å²) >= 11 is 6.26. The molecule has 3 N–H and O–H groups in total. The molecule has 2 heterocycles. The van der Waals surface area contributed by atoms with Gasteiger partial charge in [0.15, 0.2) is 5.78 Å². The molecule has 1 atom stereocenters. The fraction of sp³-hybridized carbons (Fsp3) is 0.200. The van der Waals surface area contributed by atoms with E-state index in [0.717, 1.165) is 0 Å². The van der Waals surface area contributed by atoms with Crippen LogP contribution in [0.3, 0.4) is 0 Å². The largest absolute Gasteiger partial charge is 0.368 e. The second-order valence-corrected chi connectivity index (χ2v) is 7.05. The molecule has 3 aromatic rings. The van der Waals surface area contributed by atoms with E-state index in [-0.39, 0.29) is 30.6 Å². The molecule has 0 aliphatic carbocycles. The molecule has 0 bridgehead atoms. The van der Waals surface area contributed by atoms with Crippen LogP contribution in [0.15, 0.2) is 42.9 Å². The number of hydrogen-bond donors (Lipinski definition) is 2. The Morgan fingerprint density at radius 1 is 1.30 bits per heavy atom. The maximum atomic E-state index is 12.2. The molecule has 0 spiro atoms. The first kappa shape index (κ1) is 21.0. The lowest BCUT2D eigenvalue weighted by atomic mass is 9.99. The Balaban J connectivity index is 1.78. The van der Waals surface area contributed by atoms with Gasteiger partial charge < -0.3 is 11.1 Å². The number of rotatable bonds is 8. The Morgan fingerprint density at radius 2 is 2.03 bits per heavy atom. The summed E-state index contributed by atoms with van der Waals surface area (Å²) in [5, 5.41) is 16.2. The summed E-state index contributed by atoms with van der Waals surface area (Å²) in [5.41, 5.74) is 7.45. The monoisotopic (exact) mass is 423 g/mol. The second kappa shape index (κ2) is 9.15. The zero-order chi connectivity index (χ0) is 21.7. The van der Waals surface area contributed by atoms with E-state index in [1.807, 2.05) is 0 Å². The third-order valence-electron chi connectivity index (χ3n) is 4.14. The van der Waals surface area contributed by atoms with Crippen LogP contribution in [-0.2, 0) is 11.3 Å². The third-order valence-corrected chi connectivity index (χ3v) is 4.42. The molecule has 1 amide bonds. The molecule has 0 radical (unpaired) electrons. The maximum Gasteiger partial charge on any atom is 0.239 e. The van der Waals surface area contributed by atoms with Crippen molar-refractivity contribution >= 4 is 34.9 Å². The Hall–Kier alpha value is -3.77. The summed E-state index contributed by atoms with van der Waals surface area (Å²) in [6.45, 7) is 1.67. The molecule has 30 heavy (non-hydrogen) atoms. The van der Waals surface area contributed by atoms with Crippen molar-refractivity contribution in [3.05, 3.63) is 53.4 Å². The molecule has 1 aromatic carbocycles. The first-order valence-corrected chi connectivity index (χ1v) is 9.37. The minimum atomic E-state index is -0.501. The van der Waals surface area contributed by atoms with E-state index in [1.165, 1.54) is 17.1 Å². The van der Waals surface area contributed by atoms with Gasteiger partial charge in [0.05, 0.1) is 40.8 Å². The number of halogens is 1. The topological polar surface area (TPSA) is 140 Å². The van der Waals surface area contributed by atoms with Crippen LogP contribution in [0.25, 0.3) is 11.3 Å². The van der Waals surface area contributed by atoms with Gasteiger partial charge in [-0.15, -0.1) is 0 Å². The van der Waals surface area contributed by atoms with E-state index in [4.69, 9.17) is 22.6 Å². The Labute approximate surface area is 177 Å². The van der Waals surface area contributed by atoms with Crippen LogP contribution in [0.1, 0.15) is 23.7 Å². The SMILES string of the molecule is C[C@@H](C#N)CC(=O)c1ccc(-c2nc(Nc3cnn(CC(N)=O)c3)ncc2Cl)cc1. The van der Waals surface area contributed by atoms with Gasteiger partial charge in [0.25, 0.3) is 0 Å². The number of nitrogens with one attached hydrogen (secondary N) is 1. The minimum Gasteiger partial charge on any atom is -0.368 e. The van der Waals surface area contributed by atoms with Gasteiger partial charge in [-0.3, -0.25) is 14.3 Å². The van der Waals surface area contributed by atoms with Crippen molar-refractivity contribution in [2.24, 2.45) is 11.7 Å². The van der Waals surface area contributed by atoms with Crippen molar-refractivity contribution < 1.29 is 9.59 Å². The summed E-state index contributed by atoms with van der Waals surface area (Å²) in [4.78, 5) is 31.8. The van der Waals surface area contributed by atoms with Gasteiger partial charge in [0.2, 0.25) is 11.9 Å². The van der Waals surface area contributed by atoms with Crippen LogP contribution >= 0.6 is 11.6 Å². The number of benzene rings is 1. The van der Waals surface area contributed by atoms with Crippen LogP contribution in [0.5, 0.6) is 0 Å². The quantitative estimate of drug-likeness (QED) is 0.530. The van der Waals surface area contributed by atoms with Gasteiger partial charge in [-0.1, -0.05) is 35.9 Å². The van der Waals surface area contributed by atoms with E-state index in [1.54, 1.807) is 37.4 Å². The third kappa shape index (κ3) is 5.18. The number of primary amides is 1. The van der Waals surface area contributed by atoms with Gasteiger partial charge in [-0.25, -0.2) is 9.97 Å². The summed E-state index contributed by atoms with van der Waals surface area (Å²) in [6.07, 6.45) is 4.75. The van der Waals surface area contributed by atoms with E-state index in [0.29, 0.717) is 27.5 Å². The number of carbonyl (C=O) groups excluding carboxylic acids is 2. The smallest absolute Gasteiger partial charge is 0.239 e. The molecule has 0 saturated heterocycles. The van der Waals surface area contributed by atoms with E-state index >= 15 is 0 Å². The fourth-order valence-electron chi connectivity index (χ4n) is 2.69. The molecule has 0 unspecified atom stereocenters. The van der Waals surface area contributed by atoms with Crippen molar-refractivity contribution in [3.63, 3.8) is 0 Å². The van der Waals surface area contributed by atoms with Crippen LogP contribution < -0.4 is 11.1 Å². The summed E-state index contributed by atoms with van der Waals surface area (Å²) in [7, 11) is 0. The van der Waals surface area contributed by atoms with Crippen molar-refractivity contribution in [1.82, 2.24) is 19.7 Å². The minimum absolute atomic E-state index is 0.0351. The van der Waals surface area contributed by atoms with Crippen molar-refractivity contribution in [2.45, 2.75) is 19.9 Å². The Kier molecular flexibility index (Phi) is 6.39. The van der Waals surface area contributed by atoms with Gasteiger partial charge >= 0.3 is 0 Å². The molecule has 0 aliphatic heterocycles. The van der Waals surface area contributed by atoms with Crippen molar-refractivity contribution in [2.75, 3.05) is 5.32 Å². The summed E-state index contributed by atoms with van der Waals surface area (Å²) < 4.78 is 1.39. The number of anilines is 2. The molecule has 2 aromatic heterocycles. The first-order valence-electron chi connectivity index (χ1n) is 8.99. The second-order valence-electron chi connectivity index (χ2n) is 6.64. The standard InChI is InChI=1S/C20H18ClN7O2/c1-12(7-22)6-17(29)13-2-4-14(5-3-13)19-16(21)9-24-20(27-19)26-15-8-25-28(10-15)11-18(23)30/h2-5,8-10,12H,6,11H2,1H3,(H2,23,30)(H,24,26,27)/t12-/m1/s1. The molecule has 3 rings (SSSR count). The number of nitrogens with two attached hydrogens (primary N) is 1. The number of hydrogen-bond acceptors (Lipinski definition) is 7. The van der Waals surface area contributed by atoms with Gasteiger partial charge in [0.1, 0.15) is 6.54 Å². The number of nitriles is 1. The van der Waals surface area contributed by atoms with E-state index in [9.17, 15) is 9.59 Å². The number of ketones is 1. The fourth-order valence-corrected chi connectivity index (χ4v) is 2.89. The number of aromatic nitrogens is 4. The average Bonchev–Trinajstić information content (AvgIpc) is 3.15. The highest BCUT2D eigenvalue weighted by Gasteiger charge is 2.13. The lowest BCUT2D eigenvalue weighted by molar-refractivity contribution is -0.118. The Morgan fingerprint density at radius 3 is 2.70 bits per heavy atom. The van der Waals surface area contributed by atoms with Gasteiger partial charge in [-0.2, -0.15) is 10.4 Å². The number of carbonyl (C=O) groups is 2. The Bertz CT molecular complexity index is 1120. The molecule has 0 fully saturated rings. The highest BCUT2D eigenvalue weighted by atomic mass is 35.5. The van der Waals surface area contributed by atoms with Crippen LogP contribution in [0.4, 0.5) is 11.6 Å². The maximum absolute atomic E-state index is 12.2. The van der Waals surface area contributed by atoms with Gasteiger partial charge in [-0.05, 0) is 6.92 Å². The van der Waals surface area contributed by atoms with Crippen molar-refractivity contribution in [1.29, 1.82) is 5.26 Å². The molecule has 10 heteroatoms. The molecule has 0 saturated carbocycles. The normalized spacial score (nSPS) is 11.5. The van der Waals surface area contributed by atoms with Crippen LogP contribution in [-0.4, -0.2) is 31.4 Å². The molecule has 152 valence electrons. The molecular formula is C20H18ClN7O2. The molecule has 0 aliphatic rings. The zero-order valence-electron chi connectivity index (χ0n) is 16.0. The average molecular weight is 424 g/mol. The lowest BCUT2D eigenvalue weighted by Gasteiger charge is -2.08. The first-order chi connectivity index (χ1) is 14.4. The predicted molar refractivity (Wildman–Crippen MR) is 111 cm³/mol. The number of Topliss-reactive ketones (excluding diaryl/α,β-unsaturated/α-hetero) is 1. The summed E-state index contributed by atoms with van der Waals surface area (Å²) in [6, 6.07) is 8.91. The highest BCUT2D eigenvalue weighted by molar-refractivity contribution is 6.32.